The molecule has 8 heteroatoms. The second kappa shape index (κ2) is 7.32. The van der Waals surface area contributed by atoms with Crippen molar-refractivity contribution >= 4 is 17.8 Å². The molecule has 0 spiro atoms. The molecule has 0 saturated carbocycles. The standard InChI is InChI=1S/C13H13F2NO5/c1-21-11(17)3-2-10(13(19)20)16-12(18)7-4-8(14)6-9(15)5-7/h4-6,10H,2-3H2,1H3,(H,16,18)(H,19,20)/t10-/m0/s1. The van der Waals surface area contributed by atoms with Gasteiger partial charge in [0.25, 0.3) is 5.91 Å². The molecule has 0 aliphatic heterocycles. The number of hydrogen-bond donors (Lipinski definition) is 2. The fourth-order valence-corrected chi connectivity index (χ4v) is 1.55. The highest BCUT2D eigenvalue weighted by molar-refractivity contribution is 5.96. The van der Waals surface area contributed by atoms with Gasteiger partial charge in [-0.3, -0.25) is 9.59 Å². The Morgan fingerprint density at radius 3 is 2.29 bits per heavy atom. The van der Waals surface area contributed by atoms with Crippen LogP contribution in [-0.2, 0) is 14.3 Å². The molecule has 0 aliphatic carbocycles. The highest BCUT2D eigenvalue weighted by Crippen LogP contribution is 2.09. The van der Waals surface area contributed by atoms with Crippen LogP contribution in [0.1, 0.15) is 23.2 Å². The van der Waals surface area contributed by atoms with Gasteiger partial charge in [0, 0.05) is 18.1 Å². The van der Waals surface area contributed by atoms with Gasteiger partial charge >= 0.3 is 11.9 Å². The Balaban J connectivity index is 2.76. The van der Waals surface area contributed by atoms with Crippen LogP contribution in [0.5, 0.6) is 0 Å². The SMILES string of the molecule is COC(=O)CC[C@H](NC(=O)c1cc(F)cc(F)c1)C(=O)O. The number of esters is 1. The molecular formula is C13H13F2NO5. The van der Waals surface area contributed by atoms with Gasteiger partial charge in [-0.1, -0.05) is 0 Å². The Kier molecular flexibility index (Phi) is 5.77. The smallest absolute Gasteiger partial charge is 0.326 e. The number of carbonyl (C=O) groups is 3. The molecule has 1 aromatic rings. The Bertz CT molecular complexity index is 541. The van der Waals surface area contributed by atoms with Crippen molar-refractivity contribution in [3.05, 3.63) is 35.4 Å². The van der Waals surface area contributed by atoms with Crippen LogP contribution in [-0.4, -0.2) is 36.1 Å². The van der Waals surface area contributed by atoms with Gasteiger partial charge in [0.2, 0.25) is 0 Å². The lowest BCUT2D eigenvalue weighted by Gasteiger charge is -2.14. The lowest BCUT2D eigenvalue weighted by atomic mass is 10.1. The van der Waals surface area contributed by atoms with Crippen molar-refractivity contribution in [2.75, 3.05) is 7.11 Å². The number of rotatable bonds is 6. The molecule has 0 aliphatic rings. The minimum atomic E-state index is -1.37. The molecule has 0 bridgehead atoms. The zero-order valence-electron chi connectivity index (χ0n) is 11.1. The van der Waals surface area contributed by atoms with E-state index in [-0.39, 0.29) is 18.4 Å². The molecule has 21 heavy (non-hydrogen) atoms. The predicted octanol–water partition coefficient (Wildman–Crippen LogP) is 1.10. The van der Waals surface area contributed by atoms with Gasteiger partial charge in [-0.2, -0.15) is 0 Å². The molecule has 0 fully saturated rings. The Labute approximate surface area is 118 Å². The van der Waals surface area contributed by atoms with Crippen LogP contribution in [0.15, 0.2) is 18.2 Å². The average molecular weight is 301 g/mol. The lowest BCUT2D eigenvalue weighted by Crippen LogP contribution is -2.41. The number of hydrogen-bond acceptors (Lipinski definition) is 4. The topological polar surface area (TPSA) is 92.7 Å². The Hall–Kier alpha value is -2.51. The second-order valence-electron chi connectivity index (χ2n) is 4.14. The van der Waals surface area contributed by atoms with Gasteiger partial charge in [0.05, 0.1) is 7.11 Å². The van der Waals surface area contributed by atoms with Crippen molar-refractivity contribution in [1.29, 1.82) is 0 Å². The van der Waals surface area contributed by atoms with E-state index in [1.165, 1.54) is 0 Å². The maximum absolute atomic E-state index is 13.0. The summed E-state index contributed by atoms with van der Waals surface area (Å²) in [5.41, 5.74) is -0.350. The zero-order valence-corrected chi connectivity index (χ0v) is 11.1. The fraction of sp³-hybridized carbons (Fsp3) is 0.308. The third kappa shape index (κ3) is 5.17. The highest BCUT2D eigenvalue weighted by atomic mass is 19.1. The van der Waals surface area contributed by atoms with Crippen molar-refractivity contribution in [3.8, 4) is 0 Å². The quantitative estimate of drug-likeness (QED) is 0.768. The molecule has 1 atom stereocenters. The largest absolute Gasteiger partial charge is 0.480 e. The summed E-state index contributed by atoms with van der Waals surface area (Å²) < 4.78 is 30.3. The van der Waals surface area contributed by atoms with Crippen LogP contribution in [0, 0.1) is 11.6 Å². The second-order valence-corrected chi connectivity index (χ2v) is 4.14. The molecule has 2 N–H and O–H groups in total. The number of ether oxygens (including phenoxy) is 1. The summed E-state index contributed by atoms with van der Waals surface area (Å²) in [7, 11) is 1.15. The van der Waals surface area contributed by atoms with Crippen LogP contribution < -0.4 is 5.32 Å². The van der Waals surface area contributed by atoms with E-state index in [2.05, 4.69) is 10.1 Å². The summed E-state index contributed by atoms with van der Waals surface area (Å²) in [6, 6.07) is 0.765. The number of aliphatic carboxylic acids is 1. The summed E-state index contributed by atoms with van der Waals surface area (Å²) in [5.74, 6) is -4.87. The van der Waals surface area contributed by atoms with E-state index in [9.17, 15) is 23.2 Å². The zero-order chi connectivity index (χ0) is 16.0. The third-order valence-electron chi connectivity index (χ3n) is 2.59. The van der Waals surface area contributed by atoms with Crippen LogP contribution in [0.2, 0.25) is 0 Å². The molecule has 1 aromatic carbocycles. The van der Waals surface area contributed by atoms with E-state index in [1.54, 1.807) is 0 Å². The van der Waals surface area contributed by atoms with E-state index in [0.29, 0.717) is 6.07 Å². The minimum Gasteiger partial charge on any atom is -0.480 e. The number of halogens is 2. The van der Waals surface area contributed by atoms with Crippen molar-refractivity contribution in [2.45, 2.75) is 18.9 Å². The van der Waals surface area contributed by atoms with Crippen LogP contribution in [0.25, 0.3) is 0 Å². The first-order valence-electron chi connectivity index (χ1n) is 5.90. The van der Waals surface area contributed by atoms with E-state index in [1.807, 2.05) is 0 Å². The van der Waals surface area contributed by atoms with Crippen molar-refractivity contribution in [3.63, 3.8) is 0 Å². The number of nitrogens with one attached hydrogen (secondary N) is 1. The number of methoxy groups -OCH3 is 1. The maximum atomic E-state index is 13.0. The van der Waals surface area contributed by atoms with E-state index < -0.39 is 35.5 Å². The van der Waals surface area contributed by atoms with Crippen LogP contribution in [0.3, 0.4) is 0 Å². The van der Waals surface area contributed by atoms with Crippen molar-refractivity contribution < 1.29 is 33.0 Å². The lowest BCUT2D eigenvalue weighted by molar-refractivity contribution is -0.142. The van der Waals surface area contributed by atoms with Gasteiger partial charge in [-0.05, 0) is 18.6 Å². The first-order chi connectivity index (χ1) is 9.83. The van der Waals surface area contributed by atoms with E-state index in [0.717, 1.165) is 19.2 Å². The highest BCUT2D eigenvalue weighted by Gasteiger charge is 2.22. The number of carboxylic acid groups (broad SMARTS) is 1. The molecule has 1 rings (SSSR count). The first kappa shape index (κ1) is 16.5. The molecule has 0 unspecified atom stereocenters. The number of benzene rings is 1. The number of carboxylic acids is 1. The van der Waals surface area contributed by atoms with Crippen molar-refractivity contribution in [2.24, 2.45) is 0 Å². The van der Waals surface area contributed by atoms with E-state index >= 15 is 0 Å². The molecule has 1 amide bonds. The van der Waals surface area contributed by atoms with Crippen molar-refractivity contribution in [1.82, 2.24) is 5.32 Å². The monoisotopic (exact) mass is 301 g/mol. The van der Waals surface area contributed by atoms with Gasteiger partial charge in [-0.25, -0.2) is 13.6 Å². The first-order valence-corrected chi connectivity index (χ1v) is 5.90. The van der Waals surface area contributed by atoms with Gasteiger partial charge in [0.15, 0.2) is 0 Å². The maximum Gasteiger partial charge on any atom is 0.326 e. The summed E-state index contributed by atoms with van der Waals surface area (Å²) >= 11 is 0. The van der Waals surface area contributed by atoms with Gasteiger partial charge in [0.1, 0.15) is 17.7 Å². The normalized spacial score (nSPS) is 11.6. The van der Waals surface area contributed by atoms with Gasteiger partial charge < -0.3 is 15.2 Å². The molecule has 0 heterocycles. The average Bonchev–Trinajstić information content (AvgIpc) is 2.41. The van der Waals surface area contributed by atoms with Crippen LogP contribution in [0.4, 0.5) is 8.78 Å². The molecule has 0 aromatic heterocycles. The summed E-state index contributed by atoms with van der Waals surface area (Å²) in [4.78, 5) is 33.7. The Morgan fingerprint density at radius 2 is 1.81 bits per heavy atom. The van der Waals surface area contributed by atoms with Gasteiger partial charge in [-0.15, -0.1) is 0 Å². The molecular weight excluding hydrogens is 288 g/mol. The molecule has 6 nitrogen and oxygen atoms in total. The third-order valence-corrected chi connectivity index (χ3v) is 2.59. The minimum absolute atomic E-state index is 0.203. The Morgan fingerprint density at radius 1 is 1.24 bits per heavy atom. The number of carbonyl (C=O) groups excluding carboxylic acids is 2. The fourth-order valence-electron chi connectivity index (χ4n) is 1.55. The van der Waals surface area contributed by atoms with Crippen LogP contribution >= 0.6 is 0 Å². The predicted molar refractivity (Wildman–Crippen MR) is 66.5 cm³/mol. The molecule has 0 saturated heterocycles. The summed E-state index contributed by atoms with van der Waals surface area (Å²) in [5, 5.41) is 11.0. The molecule has 114 valence electrons. The molecule has 0 radical (unpaired) electrons. The van der Waals surface area contributed by atoms with E-state index in [4.69, 9.17) is 5.11 Å². The summed E-state index contributed by atoms with van der Waals surface area (Å²) in [6.45, 7) is 0. The number of amides is 1. The summed E-state index contributed by atoms with van der Waals surface area (Å²) in [6.07, 6.45) is -0.420.